The van der Waals surface area contributed by atoms with Gasteiger partial charge in [0.2, 0.25) is 0 Å². The summed E-state index contributed by atoms with van der Waals surface area (Å²) in [7, 11) is 0. The highest BCUT2D eigenvalue weighted by molar-refractivity contribution is 5.43. The van der Waals surface area contributed by atoms with Gasteiger partial charge in [-0.25, -0.2) is 0 Å². The number of hydrogen-bond acceptors (Lipinski definition) is 4. The number of benzene rings is 1. The normalized spacial score (nSPS) is 20.8. The monoisotopic (exact) mass is 250 g/mol. The molecule has 1 aromatic rings. The number of nitrogens with zero attached hydrogens (tertiary/aromatic N) is 1. The predicted octanol–water partition coefficient (Wildman–Crippen LogP) is 1.76. The molecule has 0 amide bonds. The first-order valence-corrected chi connectivity index (χ1v) is 6.56. The molecule has 100 valence electrons. The van der Waals surface area contributed by atoms with E-state index in [1.54, 1.807) is 0 Å². The van der Waals surface area contributed by atoms with Gasteiger partial charge in [-0.15, -0.1) is 0 Å². The topological polar surface area (TPSA) is 47.7 Å². The van der Waals surface area contributed by atoms with E-state index >= 15 is 0 Å². The molecule has 4 nitrogen and oxygen atoms in total. The standard InChI is InChI=1S/C14H22N2O2/c1-12-11-16(7-9-17-12)6-3-8-18-14-5-2-4-13(15)10-14/h2,4-5,10,12H,3,6-9,11,15H2,1H3. The molecule has 2 N–H and O–H groups in total. The lowest BCUT2D eigenvalue weighted by Gasteiger charge is -2.30. The molecule has 0 aliphatic carbocycles. The molecule has 0 aromatic heterocycles. The summed E-state index contributed by atoms with van der Waals surface area (Å²) in [6.07, 6.45) is 1.38. The van der Waals surface area contributed by atoms with Crippen molar-refractivity contribution < 1.29 is 9.47 Å². The minimum Gasteiger partial charge on any atom is -0.493 e. The molecular weight excluding hydrogens is 228 g/mol. The summed E-state index contributed by atoms with van der Waals surface area (Å²) >= 11 is 0. The zero-order valence-electron chi connectivity index (χ0n) is 11.0. The van der Waals surface area contributed by atoms with Gasteiger partial charge in [0.1, 0.15) is 5.75 Å². The molecule has 1 aliphatic rings. The Morgan fingerprint density at radius 2 is 2.39 bits per heavy atom. The Morgan fingerprint density at radius 1 is 1.50 bits per heavy atom. The second-order valence-corrected chi connectivity index (χ2v) is 4.76. The van der Waals surface area contributed by atoms with Crippen molar-refractivity contribution in [2.45, 2.75) is 19.4 Å². The number of morpholine rings is 1. The average Bonchev–Trinajstić information content (AvgIpc) is 2.35. The van der Waals surface area contributed by atoms with E-state index < -0.39 is 0 Å². The zero-order chi connectivity index (χ0) is 12.8. The predicted molar refractivity (Wildman–Crippen MR) is 72.8 cm³/mol. The molecule has 4 heteroatoms. The van der Waals surface area contributed by atoms with Gasteiger partial charge in [-0.3, -0.25) is 4.90 Å². The minimum absolute atomic E-state index is 0.355. The van der Waals surface area contributed by atoms with E-state index in [0.29, 0.717) is 6.10 Å². The third-order valence-corrected chi connectivity index (χ3v) is 3.07. The van der Waals surface area contributed by atoms with Crippen LogP contribution in [0.5, 0.6) is 5.75 Å². The molecule has 1 unspecified atom stereocenters. The van der Waals surface area contributed by atoms with Gasteiger partial charge in [-0.05, 0) is 25.5 Å². The van der Waals surface area contributed by atoms with Crippen molar-refractivity contribution >= 4 is 5.69 Å². The van der Waals surface area contributed by atoms with Gasteiger partial charge in [0, 0.05) is 31.4 Å². The highest BCUT2D eigenvalue weighted by Crippen LogP contribution is 2.14. The van der Waals surface area contributed by atoms with Crippen molar-refractivity contribution in [3.05, 3.63) is 24.3 Å². The number of rotatable bonds is 5. The fourth-order valence-electron chi connectivity index (χ4n) is 2.18. The van der Waals surface area contributed by atoms with Gasteiger partial charge in [-0.1, -0.05) is 6.07 Å². The Bertz CT molecular complexity index is 371. The number of ether oxygens (including phenoxy) is 2. The van der Waals surface area contributed by atoms with E-state index in [4.69, 9.17) is 15.2 Å². The lowest BCUT2D eigenvalue weighted by atomic mass is 10.3. The smallest absolute Gasteiger partial charge is 0.121 e. The van der Waals surface area contributed by atoms with E-state index in [-0.39, 0.29) is 0 Å². The lowest BCUT2D eigenvalue weighted by molar-refractivity contribution is -0.0193. The molecule has 18 heavy (non-hydrogen) atoms. The molecule has 2 rings (SSSR count). The molecule has 0 bridgehead atoms. The van der Waals surface area contributed by atoms with Crippen molar-refractivity contribution in [2.75, 3.05) is 38.6 Å². The van der Waals surface area contributed by atoms with Crippen LogP contribution in [0.3, 0.4) is 0 Å². The van der Waals surface area contributed by atoms with Crippen LogP contribution < -0.4 is 10.5 Å². The van der Waals surface area contributed by atoms with Crippen LogP contribution in [0.15, 0.2) is 24.3 Å². The first kappa shape index (κ1) is 13.2. The van der Waals surface area contributed by atoms with Gasteiger partial charge in [0.25, 0.3) is 0 Å². The third-order valence-electron chi connectivity index (χ3n) is 3.07. The Balaban J connectivity index is 1.64. The Labute approximate surface area is 109 Å². The molecule has 1 saturated heterocycles. The summed E-state index contributed by atoms with van der Waals surface area (Å²) in [4.78, 5) is 2.43. The van der Waals surface area contributed by atoms with E-state index in [0.717, 1.165) is 50.7 Å². The van der Waals surface area contributed by atoms with Gasteiger partial charge in [0.15, 0.2) is 0 Å². The van der Waals surface area contributed by atoms with Crippen molar-refractivity contribution in [3.63, 3.8) is 0 Å². The molecule has 1 fully saturated rings. The van der Waals surface area contributed by atoms with Crippen LogP contribution in [-0.4, -0.2) is 43.9 Å². The van der Waals surface area contributed by atoms with Crippen molar-refractivity contribution in [1.82, 2.24) is 4.90 Å². The minimum atomic E-state index is 0.355. The molecule has 0 radical (unpaired) electrons. The van der Waals surface area contributed by atoms with Gasteiger partial charge in [-0.2, -0.15) is 0 Å². The van der Waals surface area contributed by atoms with Crippen molar-refractivity contribution in [1.29, 1.82) is 0 Å². The van der Waals surface area contributed by atoms with Crippen LogP contribution in [0.2, 0.25) is 0 Å². The second kappa shape index (κ2) is 6.61. The summed E-state index contributed by atoms with van der Waals surface area (Å²) in [6.45, 7) is 6.82. The van der Waals surface area contributed by atoms with Gasteiger partial charge < -0.3 is 15.2 Å². The quantitative estimate of drug-likeness (QED) is 0.639. The first-order chi connectivity index (χ1) is 8.74. The maximum atomic E-state index is 5.69. The molecule has 1 aliphatic heterocycles. The molecule has 1 aromatic carbocycles. The van der Waals surface area contributed by atoms with Gasteiger partial charge >= 0.3 is 0 Å². The summed E-state index contributed by atoms with van der Waals surface area (Å²) in [6, 6.07) is 7.57. The second-order valence-electron chi connectivity index (χ2n) is 4.76. The summed E-state index contributed by atoms with van der Waals surface area (Å²) in [5.41, 5.74) is 6.44. The van der Waals surface area contributed by atoms with Crippen molar-refractivity contribution in [3.8, 4) is 5.75 Å². The largest absolute Gasteiger partial charge is 0.493 e. The fourth-order valence-corrected chi connectivity index (χ4v) is 2.18. The van der Waals surface area contributed by atoms with Crippen LogP contribution in [0, 0.1) is 0 Å². The molecular formula is C14H22N2O2. The maximum absolute atomic E-state index is 5.69. The maximum Gasteiger partial charge on any atom is 0.121 e. The number of hydrogen-bond donors (Lipinski definition) is 1. The van der Waals surface area contributed by atoms with E-state index in [9.17, 15) is 0 Å². The Morgan fingerprint density at radius 3 is 3.17 bits per heavy atom. The Hall–Kier alpha value is -1.26. The SMILES string of the molecule is CC1CN(CCCOc2cccc(N)c2)CCO1. The first-order valence-electron chi connectivity index (χ1n) is 6.56. The van der Waals surface area contributed by atoms with Crippen LogP contribution in [0.25, 0.3) is 0 Å². The summed E-state index contributed by atoms with van der Waals surface area (Å²) in [5.74, 6) is 0.852. The van der Waals surface area contributed by atoms with Crippen molar-refractivity contribution in [2.24, 2.45) is 0 Å². The van der Waals surface area contributed by atoms with Crippen LogP contribution >= 0.6 is 0 Å². The van der Waals surface area contributed by atoms with E-state index in [1.807, 2.05) is 24.3 Å². The molecule has 0 saturated carbocycles. The Kier molecular flexibility index (Phi) is 4.84. The van der Waals surface area contributed by atoms with E-state index in [2.05, 4.69) is 11.8 Å². The summed E-state index contributed by atoms with van der Waals surface area (Å²) in [5, 5.41) is 0. The number of anilines is 1. The summed E-state index contributed by atoms with van der Waals surface area (Å²) < 4.78 is 11.2. The lowest BCUT2D eigenvalue weighted by Crippen LogP contribution is -2.41. The van der Waals surface area contributed by atoms with Crippen LogP contribution in [-0.2, 0) is 4.74 Å². The van der Waals surface area contributed by atoms with Crippen LogP contribution in [0.4, 0.5) is 5.69 Å². The van der Waals surface area contributed by atoms with Crippen LogP contribution in [0.1, 0.15) is 13.3 Å². The number of nitrogens with two attached hydrogens (primary N) is 1. The fraction of sp³-hybridized carbons (Fsp3) is 0.571. The zero-order valence-corrected chi connectivity index (χ0v) is 11.0. The average molecular weight is 250 g/mol. The highest BCUT2D eigenvalue weighted by atomic mass is 16.5. The third kappa shape index (κ3) is 4.20. The molecule has 1 heterocycles. The molecule has 0 spiro atoms. The van der Waals surface area contributed by atoms with Gasteiger partial charge in [0.05, 0.1) is 19.3 Å². The number of nitrogen functional groups attached to an aromatic ring is 1. The highest BCUT2D eigenvalue weighted by Gasteiger charge is 2.15. The van der Waals surface area contributed by atoms with E-state index in [1.165, 1.54) is 0 Å². The molecule has 1 atom stereocenters.